The maximum absolute atomic E-state index is 12.3. The van der Waals surface area contributed by atoms with Gasteiger partial charge in [0.2, 0.25) is 0 Å². The quantitative estimate of drug-likeness (QED) is 0.527. The number of nitrogens with zero attached hydrogens (tertiary/aromatic N) is 3. The topological polar surface area (TPSA) is 102 Å². The Morgan fingerprint density at radius 2 is 1.83 bits per heavy atom. The Labute approximate surface area is 169 Å². The number of anilines is 2. The molecule has 0 saturated heterocycles. The molecule has 154 valence electrons. The molecule has 1 aromatic carbocycles. The molecule has 0 radical (unpaired) electrons. The normalized spacial score (nSPS) is 10.7. The number of carbonyl (C=O) groups excluding carboxylic acids is 1. The maximum Gasteiger partial charge on any atom is 0.337 e. The molecule has 2 heterocycles. The number of benzene rings is 1. The molecule has 2 amide bonds. The summed E-state index contributed by atoms with van der Waals surface area (Å²) in [6, 6.07) is 6.62. The zero-order chi connectivity index (χ0) is 21.0. The van der Waals surface area contributed by atoms with E-state index in [-0.39, 0.29) is 0 Å². The van der Waals surface area contributed by atoms with Gasteiger partial charge in [-0.2, -0.15) is 5.10 Å². The number of nitrogens with one attached hydrogen (secondary N) is 3. The number of carbonyl (C=O) groups is 1. The molecule has 3 N–H and O–H groups in total. The predicted molar refractivity (Wildman–Crippen MR) is 113 cm³/mol. The van der Waals surface area contributed by atoms with E-state index in [1.165, 1.54) is 0 Å². The number of urea groups is 1. The Morgan fingerprint density at radius 1 is 1.14 bits per heavy atom. The fraction of sp³-hybridized carbons (Fsp3) is 0.350. The molecule has 3 aromatic rings. The van der Waals surface area contributed by atoms with Crippen LogP contribution in [-0.2, 0) is 13.5 Å². The SMILES string of the molecule is CCCc1cc(NNC(=O)Nc2cc(OC)cc(OC)c2)nc2c1c(C)nn2C. The molecule has 0 aliphatic rings. The van der Waals surface area contributed by atoms with Gasteiger partial charge in [0, 0.05) is 36.3 Å². The van der Waals surface area contributed by atoms with Crippen LogP contribution in [0.3, 0.4) is 0 Å². The highest BCUT2D eigenvalue weighted by molar-refractivity contribution is 5.91. The number of ether oxygens (including phenoxy) is 2. The maximum atomic E-state index is 12.3. The van der Waals surface area contributed by atoms with Crippen molar-refractivity contribution in [3.8, 4) is 11.5 Å². The summed E-state index contributed by atoms with van der Waals surface area (Å²) in [5.74, 6) is 1.70. The molecule has 29 heavy (non-hydrogen) atoms. The van der Waals surface area contributed by atoms with Crippen LogP contribution < -0.4 is 25.6 Å². The van der Waals surface area contributed by atoms with Crippen LogP contribution in [0.25, 0.3) is 11.0 Å². The lowest BCUT2D eigenvalue weighted by molar-refractivity contribution is 0.254. The van der Waals surface area contributed by atoms with Crippen LogP contribution in [0.15, 0.2) is 24.3 Å². The summed E-state index contributed by atoms with van der Waals surface area (Å²) in [6.07, 6.45) is 1.90. The molecule has 0 spiro atoms. The fourth-order valence-electron chi connectivity index (χ4n) is 3.23. The average molecular weight is 398 g/mol. The molecule has 0 aliphatic carbocycles. The highest BCUT2D eigenvalue weighted by atomic mass is 16.5. The van der Waals surface area contributed by atoms with Crippen LogP contribution in [0.1, 0.15) is 24.6 Å². The van der Waals surface area contributed by atoms with Crippen molar-refractivity contribution in [1.29, 1.82) is 0 Å². The lowest BCUT2D eigenvalue weighted by atomic mass is 10.1. The third kappa shape index (κ3) is 4.50. The zero-order valence-electron chi connectivity index (χ0n) is 17.3. The second-order valence-corrected chi connectivity index (χ2v) is 6.63. The number of hydrogen-bond acceptors (Lipinski definition) is 6. The van der Waals surface area contributed by atoms with Crippen molar-refractivity contribution >= 4 is 28.6 Å². The second kappa shape index (κ2) is 8.68. The largest absolute Gasteiger partial charge is 0.497 e. The Balaban J connectivity index is 1.75. The highest BCUT2D eigenvalue weighted by Crippen LogP contribution is 2.26. The van der Waals surface area contributed by atoms with Crippen LogP contribution in [-0.4, -0.2) is 35.0 Å². The van der Waals surface area contributed by atoms with Gasteiger partial charge >= 0.3 is 6.03 Å². The fourth-order valence-corrected chi connectivity index (χ4v) is 3.23. The summed E-state index contributed by atoms with van der Waals surface area (Å²) in [6.45, 7) is 4.10. The van der Waals surface area contributed by atoms with Crippen LogP contribution in [0.2, 0.25) is 0 Å². The number of hydrogen-bond donors (Lipinski definition) is 3. The molecule has 9 heteroatoms. The minimum atomic E-state index is -0.444. The summed E-state index contributed by atoms with van der Waals surface area (Å²) in [7, 11) is 4.96. The van der Waals surface area contributed by atoms with Gasteiger partial charge in [-0.05, 0) is 25.0 Å². The highest BCUT2D eigenvalue weighted by Gasteiger charge is 2.13. The number of amides is 2. The van der Waals surface area contributed by atoms with Crippen molar-refractivity contribution in [3.63, 3.8) is 0 Å². The zero-order valence-corrected chi connectivity index (χ0v) is 17.3. The van der Waals surface area contributed by atoms with Crippen molar-refractivity contribution in [3.05, 3.63) is 35.5 Å². The van der Waals surface area contributed by atoms with Gasteiger partial charge in [0.05, 0.1) is 19.9 Å². The van der Waals surface area contributed by atoms with Gasteiger partial charge in [-0.1, -0.05) is 13.3 Å². The van der Waals surface area contributed by atoms with Crippen LogP contribution >= 0.6 is 0 Å². The summed E-state index contributed by atoms with van der Waals surface area (Å²) in [5.41, 5.74) is 8.89. The first-order chi connectivity index (χ1) is 13.9. The van der Waals surface area contributed by atoms with E-state index in [1.807, 2.05) is 20.0 Å². The van der Waals surface area contributed by atoms with Gasteiger partial charge in [0.25, 0.3) is 0 Å². The molecule has 0 fully saturated rings. The number of hydrazine groups is 1. The smallest absolute Gasteiger partial charge is 0.337 e. The number of aromatic nitrogens is 3. The van der Waals surface area contributed by atoms with E-state index in [0.717, 1.165) is 35.1 Å². The summed E-state index contributed by atoms with van der Waals surface area (Å²) in [4.78, 5) is 16.9. The minimum Gasteiger partial charge on any atom is -0.497 e. The monoisotopic (exact) mass is 398 g/mol. The Kier molecular flexibility index (Phi) is 6.06. The van der Waals surface area contributed by atoms with Crippen LogP contribution in [0.4, 0.5) is 16.3 Å². The third-order valence-corrected chi connectivity index (χ3v) is 4.48. The van der Waals surface area contributed by atoms with E-state index in [9.17, 15) is 4.79 Å². The van der Waals surface area contributed by atoms with E-state index in [4.69, 9.17) is 9.47 Å². The van der Waals surface area contributed by atoms with Gasteiger partial charge in [-0.25, -0.2) is 9.78 Å². The molecule has 2 aromatic heterocycles. The Bertz CT molecular complexity index is 1010. The molecule has 3 rings (SSSR count). The van der Waals surface area contributed by atoms with Gasteiger partial charge in [0.15, 0.2) is 5.65 Å². The molecule has 0 unspecified atom stereocenters. The van der Waals surface area contributed by atoms with E-state index in [1.54, 1.807) is 37.1 Å². The molecule has 0 aliphatic heterocycles. The lowest BCUT2D eigenvalue weighted by Gasteiger charge is -2.13. The van der Waals surface area contributed by atoms with Gasteiger partial charge in [-0.15, -0.1) is 0 Å². The predicted octanol–water partition coefficient (Wildman–Crippen LogP) is 3.40. The minimum absolute atomic E-state index is 0.444. The number of pyridine rings is 1. The molecule has 9 nitrogen and oxygen atoms in total. The number of fused-ring (bicyclic) bond motifs is 1. The average Bonchev–Trinajstić information content (AvgIpc) is 3.00. The molecular weight excluding hydrogens is 372 g/mol. The standard InChI is InChI=1S/C20H26N6O3/c1-6-7-13-8-17(22-19-18(13)12(2)25-26(19)3)23-24-20(27)21-14-9-15(28-4)11-16(10-14)29-5/h8-11H,6-7H2,1-5H3,(H,22,23)(H2,21,24,27). The van der Waals surface area contributed by atoms with Crippen molar-refractivity contribution in [2.75, 3.05) is 25.0 Å². The van der Waals surface area contributed by atoms with Gasteiger partial charge in [0.1, 0.15) is 17.3 Å². The summed E-state index contributed by atoms with van der Waals surface area (Å²) < 4.78 is 12.2. The summed E-state index contributed by atoms with van der Waals surface area (Å²) >= 11 is 0. The van der Waals surface area contributed by atoms with E-state index in [0.29, 0.717) is 23.0 Å². The first-order valence-electron chi connectivity index (χ1n) is 9.34. The van der Waals surface area contributed by atoms with E-state index >= 15 is 0 Å². The first kappa shape index (κ1) is 20.2. The lowest BCUT2D eigenvalue weighted by Crippen LogP contribution is -2.34. The molecule has 0 bridgehead atoms. The number of aryl methyl sites for hydroxylation is 3. The van der Waals surface area contributed by atoms with Crippen molar-refractivity contribution in [1.82, 2.24) is 20.2 Å². The molecule has 0 saturated carbocycles. The first-order valence-corrected chi connectivity index (χ1v) is 9.34. The number of rotatable bonds is 7. The Hall–Kier alpha value is -3.49. The van der Waals surface area contributed by atoms with E-state index in [2.05, 4.69) is 33.2 Å². The molecular formula is C20H26N6O3. The van der Waals surface area contributed by atoms with Gasteiger partial charge in [-0.3, -0.25) is 15.5 Å². The third-order valence-electron chi connectivity index (χ3n) is 4.48. The Morgan fingerprint density at radius 3 is 2.45 bits per heavy atom. The van der Waals surface area contributed by atoms with Crippen LogP contribution in [0, 0.1) is 6.92 Å². The second-order valence-electron chi connectivity index (χ2n) is 6.63. The molecule has 0 atom stereocenters. The van der Waals surface area contributed by atoms with E-state index < -0.39 is 6.03 Å². The van der Waals surface area contributed by atoms with Crippen molar-refractivity contribution < 1.29 is 14.3 Å². The van der Waals surface area contributed by atoms with Crippen molar-refractivity contribution in [2.45, 2.75) is 26.7 Å². The number of methoxy groups -OCH3 is 2. The van der Waals surface area contributed by atoms with Gasteiger partial charge < -0.3 is 14.8 Å². The van der Waals surface area contributed by atoms with Crippen molar-refractivity contribution in [2.24, 2.45) is 7.05 Å². The van der Waals surface area contributed by atoms with Crippen LogP contribution in [0.5, 0.6) is 11.5 Å². The summed E-state index contributed by atoms with van der Waals surface area (Å²) in [5, 5.41) is 8.26.